The lowest BCUT2D eigenvalue weighted by atomic mass is 10.1. The van der Waals surface area contributed by atoms with E-state index in [2.05, 4.69) is 42.8 Å². The lowest BCUT2D eigenvalue weighted by Crippen LogP contribution is -2.05. The number of hydrogen-bond acceptors (Lipinski definition) is 3. The fourth-order valence-corrected chi connectivity index (χ4v) is 2.21. The van der Waals surface area contributed by atoms with Crippen molar-refractivity contribution in [3.05, 3.63) is 27.7 Å². The smallest absolute Gasteiger partial charge is 0.0907 e. The predicted octanol–water partition coefficient (Wildman–Crippen LogP) is 3.18. The highest BCUT2D eigenvalue weighted by Gasteiger charge is 2.15. The summed E-state index contributed by atoms with van der Waals surface area (Å²) in [5, 5.41) is 1.11. The number of thiazole rings is 1. The van der Waals surface area contributed by atoms with Crippen molar-refractivity contribution < 1.29 is 0 Å². The van der Waals surface area contributed by atoms with E-state index in [1.165, 1.54) is 4.88 Å². The molecule has 1 atom stereocenters. The van der Waals surface area contributed by atoms with E-state index < -0.39 is 0 Å². The first-order chi connectivity index (χ1) is 6.07. The molecule has 0 aliphatic heterocycles. The quantitative estimate of drug-likeness (QED) is 0.648. The van der Waals surface area contributed by atoms with Crippen LogP contribution in [0.5, 0.6) is 0 Å². The molecular weight excluding hydrogens is 198 g/mol. The molecule has 1 aliphatic rings. The summed E-state index contributed by atoms with van der Waals surface area (Å²) in [5.41, 5.74) is 1.07. The molecule has 0 fully saturated rings. The van der Waals surface area contributed by atoms with Crippen LogP contribution in [0.1, 0.15) is 22.5 Å². The number of aryl methyl sites for hydroxylation is 1. The van der Waals surface area contributed by atoms with Crippen LogP contribution in [0.4, 0.5) is 0 Å². The normalized spacial score (nSPS) is 25.8. The average Bonchev–Trinajstić information content (AvgIpc) is 2.34. The van der Waals surface area contributed by atoms with Gasteiger partial charge in [0, 0.05) is 4.75 Å². The maximum Gasteiger partial charge on any atom is 0.0907 e. The Hall–Kier alpha value is -0.540. The minimum absolute atomic E-state index is 0.145. The Morgan fingerprint density at radius 2 is 2.08 bits per heavy atom. The van der Waals surface area contributed by atoms with E-state index in [9.17, 15) is 0 Å². The van der Waals surface area contributed by atoms with E-state index in [-0.39, 0.29) is 4.75 Å². The molecule has 1 nitrogen and oxygen atoms in total. The van der Waals surface area contributed by atoms with Crippen LogP contribution >= 0.6 is 24.0 Å². The molecule has 68 valence electrons. The van der Waals surface area contributed by atoms with Gasteiger partial charge in [-0.3, -0.25) is 0 Å². The molecule has 0 radical (unpaired) electrons. The van der Waals surface area contributed by atoms with Crippen LogP contribution in [0, 0.1) is 6.92 Å². The fraction of sp³-hybridized carbons (Fsp3) is 0.300. The highest BCUT2D eigenvalue weighted by Crippen LogP contribution is 2.29. The third kappa shape index (κ3) is 1.86. The zero-order chi connectivity index (χ0) is 9.47. The first-order valence-electron chi connectivity index (χ1n) is 4.15. The molecule has 1 heterocycles. The van der Waals surface area contributed by atoms with E-state index in [0.717, 1.165) is 10.7 Å². The van der Waals surface area contributed by atoms with Gasteiger partial charge in [0.15, 0.2) is 0 Å². The van der Waals surface area contributed by atoms with E-state index in [1.54, 1.807) is 11.3 Å². The standard InChI is InChI=1S/C10H11NS2/c1-7-11-8-3-5-10(2,12)6-4-9(8)13-7/h3-6,12H,1-2H3. The van der Waals surface area contributed by atoms with Crippen LogP contribution in [0.25, 0.3) is 12.2 Å². The Morgan fingerprint density at radius 1 is 1.38 bits per heavy atom. The van der Waals surface area contributed by atoms with Crippen LogP contribution in [-0.2, 0) is 0 Å². The number of rotatable bonds is 0. The number of nitrogens with zero attached hydrogens (tertiary/aromatic N) is 1. The van der Waals surface area contributed by atoms with Crippen molar-refractivity contribution in [3.63, 3.8) is 0 Å². The molecule has 3 heteroatoms. The van der Waals surface area contributed by atoms with E-state index in [4.69, 9.17) is 0 Å². The van der Waals surface area contributed by atoms with Gasteiger partial charge in [-0.05, 0) is 26.0 Å². The molecule has 2 rings (SSSR count). The second kappa shape index (κ2) is 3.00. The highest BCUT2D eigenvalue weighted by atomic mass is 32.1. The number of aromatic nitrogens is 1. The van der Waals surface area contributed by atoms with Crippen molar-refractivity contribution in [1.29, 1.82) is 0 Å². The van der Waals surface area contributed by atoms with Crippen LogP contribution in [0.3, 0.4) is 0 Å². The third-order valence-corrected chi connectivity index (χ3v) is 3.19. The third-order valence-electron chi connectivity index (χ3n) is 1.94. The zero-order valence-corrected chi connectivity index (χ0v) is 9.32. The maximum atomic E-state index is 4.50. The first kappa shape index (κ1) is 9.03. The molecule has 0 spiro atoms. The molecular formula is C10H11NS2. The van der Waals surface area contributed by atoms with Crippen LogP contribution < -0.4 is 0 Å². The summed E-state index contributed by atoms with van der Waals surface area (Å²) in [6, 6.07) is 0. The van der Waals surface area contributed by atoms with Crippen LogP contribution in [0.15, 0.2) is 12.2 Å². The molecule has 1 aromatic heterocycles. The number of fused-ring (bicyclic) bond motifs is 1. The van der Waals surface area contributed by atoms with E-state index in [1.807, 2.05) is 13.0 Å². The van der Waals surface area contributed by atoms with Gasteiger partial charge in [-0.1, -0.05) is 12.2 Å². The van der Waals surface area contributed by atoms with E-state index in [0.29, 0.717) is 0 Å². The SMILES string of the molecule is Cc1nc2c(s1)C=CC(C)(S)C=C2. The molecule has 1 aromatic rings. The Balaban J connectivity index is 2.50. The largest absolute Gasteiger partial charge is 0.242 e. The highest BCUT2D eigenvalue weighted by molar-refractivity contribution is 7.82. The summed E-state index contributed by atoms with van der Waals surface area (Å²) in [6.45, 7) is 4.09. The molecule has 1 unspecified atom stereocenters. The van der Waals surface area contributed by atoms with Crippen LogP contribution in [0.2, 0.25) is 0 Å². The maximum absolute atomic E-state index is 4.50. The van der Waals surface area contributed by atoms with Gasteiger partial charge in [0.1, 0.15) is 0 Å². The van der Waals surface area contributed by atoms with Gasteiger partial charge in [0.2, 0.25) is 0 Å². The Morgan fingerprint density at radius 3 is 2.85 bits per heavy atom. The molecule has 0 saturated carbocycles. The van der Waals surface area contributed by atoms with Gasteiger partial charge < -0.3 is 0 Å². The summed E-state index contributed by atoms with van der Waals surface area (Å²) in [5.74, 6) is 0. The fourth-order valence-electron chi connectivity index (χ4n) is 1.25. The Labute approximate surface area is 87.6 Å². The van der Waals surface area contributed by atoms with Gasteiger partial charge in [0.05, 0.1) is 15.6 Å². The number of thiol groups is 1. The van der Waals surface area contributed by atoms with Crippen molar-refractivity contribution in [3.8, 4) is 0 Å². The lowest BCUT2D eigenvalue weighted by Gasteiger charge is -2.10. The van der Waals surface area contributed by atoms with Gasteiger partial charge in [0.25, 0.3) is 0 Å². The van der Waals surface area contributed by atoms with Crippen molar-refractivity contribution in [1.82, 2.24) is 4.98 Å². The van der Waals surface area contributed by atoms with Gasteiger partial charge in [-0.2, -0.15) is 12.6 Å². The zero-order valence-electron chi connectivity index (χ0n) is 7.61. The molecule has 0 saturated heterocycles. The molecule has 0 aromatic carbocycles. The molecule has 0 amide bonds. The second-order valence-corrected chi connectivity index (χ2v) is 5.57. The molecule has 0 N–H and O–H groups in total. The van der Waals surface area contributed by atoms with Gasteiger partial charge >= 0.3 is 0 Å². The summed E-state index contributed by atoms with van der Waals surface area (Å²) in [4.78, 5) is 5.65. The van der Waals surface area contributed by atoms with Crippen molar-refractivity contribution in [2.24, 2.45) is 0 Å². The van der Waals surface area contributed by atoms with Crippen molar-refractivity contribution >= 4 is 36.1 Å². The first-order valence-corrected chi connectivity index (χ1v) is 5.41. The molecule has 13 heavy (non-hydrogen) atoms. The Bertz CT molecular complexity index is 352. The minimum atomic E-state index is -0.145. The predicted molar refractivity (Wildman–Crippen MR) is 62.3 cm³/mol. The molecule has 1 aliphatic carbocycles. The average molecular weight is 209 g/mol. The summed E-state index contributed by atoms with van der Waals surface area (Å²) in [7, 11) is 0. The van der Waals surface area contributed by atoms with Crippen molar-refractivity contribution in [2.75, 3.05) is 0 Å². The van der Waals surface area contributed by atoms with Gasteiger partial charge in [-0.15, -0.1) is 11.3 Å². The molecule has 0 bridgehead atoms. The summed E-state index contributed by atoms with van der Waals surface area (Å²) >= 11 is 6.22. The summed E-state index contributed by atoms with van der Waals surface area (Å²) in [6.07, 6.45) is 8.31. The number of hydrogen-bond donors (Lipinski definition) is 1. The van der Waals surface area contributed by atoms with Crippen LogP contribution in [-0.4, -0.2) is 9.73 Å². The second-order valence-electron chi connectivity index (χ2n) is 3.37. The monoisotopic (exact) mass is 209 g/mol. The Kier molecular flexibility index (Phi) is 2.08. The van der Waals surface area contributed by atoms with E-state index >= 15 is 0 Å². The minimum Gasteiger partial charge on any atom is -0.242 e. The summed E-state index contributed by atoms with van der Waals surface area (Å²) < 4.78 is -0.145. The van der Waals surface area contributed by atoms with Gasteiger partial charge in [-0.25, -0.2) is 4.98 Å². The van der Waals surface area contributed by atoms with Crippen molar-refractivity contribution in [2.45, 2.75) is 18.6 Å². The topological polar surface area (TPSA) is 12.9 Å². The lowest BCUT2D eigenvalue weighted by molar-refractivity contribution is 1.03.